The number of anilines is 1. The van der Waals surface area contributed by atoms with E-state index in [1.807, 2.05) is 43.3 Å². The highest BCUT2D eigenvalue weighted by Gasteiger charge is 2.11. The number of rotatable bonds is 6. The first-order valence-electron chi connectivity index (χ1n) is 5.73. The Morgan fingerprint density at radius 3 is 2.35 bits per heavy atom. The van der Waals surface area contributed by atoms with Crippen LogP contribution in [0, 0.1) is 0 Å². The first kappa shape index (κ1) is 13.5. The molecule has 3 N–H and O–H groups in total. The van der Waals surface area contributed by atoms with Gasteiger partial charge in [-0.3, -0.25) is 4.79 Å². The van der Waals surface area contributed by atoms with Crippen LogP contribution in [0.25, 0.3) is 0 Å². The zero-order chi connectivity index (χ0) is 12.8. The number of hydrogen-bond acceptors (Lipinski definition) is 3. The van der Waals surface area contributed by atoms with Crippen LogP contribution in [0.2, 0.25) is 0 Å². The van der Waals surface area contributed by atoms with Crippen molar-refractivity contribution in [1.29, 1.82) is 0 Å². The lowest BCUT2D eigenvalue weighted by molar-refractivity contribution is -0.137. The Labute approximate surface area is 102 Å². The van der Waals surface area contributed by atoms with E-state index in [1.165, 1.54) is 0 Å². The van der Waals surface area contributed by atoms with E-state index >= 15 is 0 Å². The molecule has 0 aliphatic carbocycles. The number of benzene rings is 1. The quantitative estimate of drug-likeness (QED) is 0.788. The maximum atomic E-state index is 10.5. The third-order valence-corrected chi connectivity index (χ3v) is 2.87. The van der Waals surface area contributed by atoms with Crippen molar-refractivity contribution in [3.8, 4) is 0 Å². The number of nitrogens with zero attached hydrogens (tertiary/aromatic N) is 1. The van der Waals surface area contributed by atoms with E-state index in [4.69, 9.17) is 10.8 Å². The van der Waals surface area contributed by atoms with Gasteiger partial charge in [-0.25, -0.2) is 0 Å². The smallest absolute Gasteiger partial charge is 0.303 e. The fourth-order valence-corrected chi connectivity index (χ4v) is 1.76. The molecule has 0 bridgehead atoms. The van der Waals surface area contributed by atoms with Gasteiger partial charge in [-0.2, -0.15) is 0 Å². The standard InChI is InChI=1S/C13H20N2O2/c1-15(2)12-6-3-10(4-7-12)11(9-14)5-8-13(16)17/h3-4,6-7,11H,5,8-9,14H2,1-2H3,(H,16,17). The molecule has 1 aromatic rings. The molecule has 0 saturated heterocycles. The van der Waals surface area contributed by atoms with E-state index < -0.39 is 5.97 Å². The number of carbonyl (C=O) groups is 1. The van der Waals surface area contributed by atoms with Gasteiger partial charge in [-0.15, -0.1) is 0 Å². The van der Waals surface area contributed by atoms with E-state index in [9.17, 15) is 4.79 Å². The lowest BCUT2D eigenvalue weighted by Crippen LogP contribution is -2.14. The molecule has 94 valence electrons. The lowest BCUT2D eigenvalue weighted by atomic mass is 9.94. The van der Waals surface area contributed by atoms with Gasteiger partial charge in [0, 0.05) is 26.2 Å². The molecule has 0 fully saturated rings. The van der Waals surface area contributed by atoms with Gasteiger partial charge in [-0.05, 0) is 36.6 Å². The van der Waals surface area contributed by atoms with Crippen LogP contribution in [0.5, 0.6) is 0 Å². The predicted molar refractivity (Wildman–Crippen MR) is 69.4 cm³/mol. The third kappa shape index (κ3) is 4.07. The second-order valence-corrected chi connectivity index (χ2v) is 4.35. The van der Waals surface area contributed by atoms with Crippen LogP contribution in [0.3, 0.4) is 0 Å². The highest BCUT2D eigenvalue weighted by Crippen LogP contribution is 2.22. The zero-order valence-corrected chi connectivity index (χ0v) is 10.4. The lowest BCUT2D eigenvalue weighted by Gasteiger charge is -2.17. The summed E-state index contributed by atoms with van der Waals surface area (Å²) in [5.74, 6) is -0.643. The molecule has 1 unspecified atom stereocenters. The zero-order valence-electron chi connectivity index (χ0n) is 10.4. The minimum absolute atomic E-state index is 0.127. The highest BCUT2D eigenvalue weighted by atomic mass is 16.4. The van der Waals surface area contributed by atoms with Gasteiger partial charge in [0.1, 0.15) is 0 Å². The van der Waals surface area contributed by atoms with E-state index in [1.54, 1.807) is 0 Å². The highest BCUT2D eigenvalue weighted by molar-refractivity contribution is 5.66. The van der Waals surface area contributed by atoms with Gasteiger partial charge in [-0.1, -0.05) is 12.1 Å². The van der Waals surface area contributed by atoms with Crippen LogP contribution in [0.15, 0.2) is 24.3 Å². The SMILES string of the molecule is CN(C)c1ccc(C(CN)CCC(=O)O)cc1. The Balaban J connectivity index is 2.71. The van der Waals surface area contributed by atoms with Crippen LogP contribution in [0.1, 0.15) is 24.3 Å². The average Bonchev–Trinajstić information content (AvgIpc) is 2.30. The first-order chi connectivity index (χ1) is 8.04. The minimum atomic E-state index is -0.770. The third-order valence-electron chi connectivity index (χ3n) is 2.87. The van der Waals surface area contributed by atoms with Gasteiger partial charge < -0.3 is 15.7 Å². The molecule has 0 amide bonds. The summed E-state index contributed by atoms with van der Waals surface area (Å²) in [4.78, 5) is 12.6. The van der Waals surface area contributed by atoms with Crippen LogP contribution < -0.4 is 10.6 Å². The number of aliphatic carboxylic acids is 1. The van der Waals surface area contributed by atoms with E-state index in [0.717, 1.165) is 11.3 Å². The first-order valence-corrected chi connectivity index (χ1v) is 5.73. The van der Waals surface area contributed by atoms with E-state index in [2.05, 4.69) is 0 Å². The molecule has 0 aliphatic heterocycles. The molecular formula is C13H20N2O2. The van der Waals surface area contributed by atoms with Crippen molar-refractivity contribution in [3.05, 3.63) is 29.8 Å². The molecule has 1 aromatic carbocycles. The van der Waals surface area contributed by atoms with Crippen molar-refractivity contribution in [1.82, 2.24) is 0 Å². The van der Waals surface area contributed by atoms with Crippen LogP contribution in [-0.4, -0.2) is 31.7 Å². The molecule has 17 heavy (non-hydrogen) atoms. The Morgan fingerprint density at radius 1 is 1.35 bits per heavy atom. The van der Waals surface area contributed by atoms with Crippen molar-refractivity contribution in [2.45, 2.75) is 18.8 Å². The number of carboxylic acids is 1. The fraction of sp³-hybridized carbons (Fsp3) is 0.462. The molecule has 0 spiro atoms. The molecule has 0 aliphatic rings. The largest absolute Gasteiger partial charge is 0.481 e. The number of carboxylic acid groups (broad SMARTS) is 1. The maximum Gasteiger partial charge on any atom is 0.303 e. The van der Waals surface area contributed by atoms with Crippen LogP contribution in [0.4, 0.5) is 5.69 Å². The molecule has 1 atom stereocenters. The van der Waals surface area contributed by atoms with Gasteiger partial charge in [0.25, 0.3) is 0 Å². The van der Waals surface area contributed by atoms with Crippen molar-refractivity contribution >= 4 is 11.7 Å². The van der Waals surface area contributed by atoms with Gasteiger partial charge in [0.15, 0.2) is 0 Å². The Morgan fingerprint density at radius 2 is 1.94 bits per heavy atom. The molecule has 4 heteroatoms. The van der Waals surface area contributed by atoms with Crippen molar-refractivity contribution in [3.63, 3.8) is 0 Å². The number of hydrogen-bond donors (Lipinski definition) is 2. The van der Waals surface area contributed by atoms with Crippen molar-refractivity contribution in [2.24, 2.45) is 5.73 Å². The number of nitrogens with two attached hydrogens (primary N) is 1. The summed E-state index contributed by atoms with van der Waals surface area (Å²) in [6, 6.07) is 8.10. The topological polar surface area (TPSA) is 66.6 Å². The van der Waals surface area contributed by atoms with E-state index in [0.29, 0.717) is 13.0 Å². The molecule has 0 saturated carbocycles. The maximum absolute atomic E-state index is 10.5. The minimum Gasteiger partial charge on any atom is -0.481 e. The fourth-order valence-electron chi connectivity index (χ4n) is 1.76. The second-order valence-electron chi connectivity index (χ2n) is 4.35. The molecule has 4 nitrogen and oxygen atoms in total. The Bertz CT molecular complexity index is 360. The Hall–Kier alpha value is -1.55. The van der Waals surface area contributed by atoms with Gasteiger partial charge in [0.05, 0.1) is 0 Å². The monoisotopic (exact) mass is 236 g/mol. The predicted octanol–water partition coefficient (Wildman–Crippen LogP) is 1.66. The molecule has 1 rings (SSSR count). The normalized spacial score (nSPS) is 12.2. The molecule has 0 radical (unpaired) electrons. The van der Waals surface area contributed by atoms with Crippen LogP contribution in [-0.2, 0) is 4.79 Å². The summed E-state index contributed by atoms with van der Waals surface area (Å²) >= 11 is 0. The summed E-state index contributed by atoms with van der Waals surface area (Å²) in [7, 11) is 3.97. The summed E-state index contributed by atoms with van der Waals surface area (Å²) in [6.45, 7) is 0.481. The summed E-state index contributed by atoms with van der Waals surface area (Å²) in [5, 5.41) is 8.67. The van der Waals surface area contributed by atoms with Crippen molar-refractivity contribution in [2.75, 3.05) is 25.5 Å². The van der Waals surface area contributed by atoms with E-state index in [-0.39, 0.29) is 12.3 Å². The van der Waals surface area contributed by atoms with Crippen LogP contribution >= 0.6 is 0 Å². The van der Waals surface area contributed by atoms with Gasteiger partial charge in [0.2, 0.25) is 0 Å². The van der Waals surface area contributed by atoms with Crippen molar-refractivity contribution < 1.29 is 9.90 Å². The summed E-state index contributed by atoms with van der Waals surface area (Å²) in [6.07, 6.45) is 0.754. The molecular weight excluding hydrogens is 216 g/mol. The Kier molecular flexibility index (Phi) is 4.97. The molecule has 0 heterocycles. The molecule has 0 aromatic heterocycles. The second kappa shape index (κ2) is 6.25. The summed E-state index contributed by atoms with van der Waals surface area (Å²) in [5.41, 5.74) is 7.92. The average molecular weight is 236 g/mol. The summed E-state index contributed by atoms with van der Waals surface area (Å²) < 4.78 is 0. The van der Waals surface area contributed by atoms with Gasteiger partial charge >= 0.3 is 5.97 Å².